The van der Waals surface area contributed by atoms with E-state index < -0.39 is 18.6 Å². The van der Waals surface area contributed by atoms with Gasteiger partial charge in [0.25, 0.3) is 12.3 Å². The number of carboxylic acid groups (broad SMARTS) is 1. The quantitative estimate of drug-likeness (QED) is 0.510. The summed E-state index contributed by atoms with van der Waals surface area (Å²) in [5, 5.41) is 7.12. The van der Waals surface area contributed by atoms with Crippen LogP contribution in [0.5, 0.6) is 5.75 Å². The molecule has 0 saturated carbocycles. The van der Waals surface area contributed by atoms with E-state index in [1.165, 1.54) is 12.3 Å². The summed E-state index contributed by atoms with van der Waals surface area (Å²) in [5.74, 6) is -1.97. The molecule has 2 aromatic rings. The highest BCUT2D eigenvalue weighted by atomic mass is 19.4. The number of rotatable bonds is 5. The fourth-order valence-corrected chi connectivity index (χ4v) is 4.93. The van der Waals surface area contributed by atoms with Gasteiger partial charge in [0, 0.05) is 25.2 Å². The number of carboxylic acids is 1. The predicted octanol–water partition coefficient (Wildman–Crippen LogP) is 5.39. The molecule has 0 bridgehead atoms. The molecule has 1 atom stereocenters. The van der Waals surface area contributed by atoms with Gasteiger partial charge in [-0.15, -0.1) is 0 Å². The molecule has 1 aromatic carbocycles. The summed E-state index contributed by atoms with van der Waals surface area (Å²) in [6.45, 7) is 4.40. The molecule has 7 nitrogen and oxygen atoms in total. The number of pyridine rings is 1. The van der Waals surface area contributed by atoms with E-state index in [2.05, 4.69) is 9.88 Å². The molecule has 3 heterocycles. The number of hydrogen-bond acceptors (Lipinski definition) is 5. The molecular weight excluding hydrogens is 513 g/mol. The van der Waals surface area contributed by atoms with Crippen molar-refractivity contribution in [2.75, 3.05) is 31.1 Å². The average molecular weight is 544 g/mol. The van der Waals surface area contributed by atoms with Crippen molar-refractivity contribution in [2.24, 2.45) is 0 Å². The third kappa shape index (κ3) is 7.32. The number of para-hydroxylation sites is 1. The van der Waals surface area contributed by atoms with Gasteiger partial charge in [-0.2, -0.15) is 13.2 Å². The maximum atomic E-state index is 13.1. The van der Waals surface area contributed by atoms with Gasteiger partial charge in [0.05, 0.1) is 11.9 Å². The van der Waals surface area contributed by atoms with E-state index in [1.807, 2.05) is 36.1 Å². The summed E-state index contributed by atoms with van der Waals surface area (Å²) in [5.41, 5.74) is 1.54. The number of hydrogen-bond donors (Lipinski definition) is 1. The van der Waals surface area contributed by atoms with Crippen LogP contribution in [0.3, 0.4) is 0 Å². The van der Waals surface area contributed by atoms with Gasteiger partial charge in [0.15, 0.2) is 6.61 Å². The van der Waals surface area contributed by atoms with E-state index in [1.54, 1.807) is 6.07 Å². The van der Waals surface area contributed by atoms with Crippen molar-refractivity contribution in [1.82, 2.24) is 9.88 Å². The lowest BCUT2D eigenvalue weighted by molar-refractivity contribution is -0.192. The summed E-state index contributed by atoms with van der Waals surface area (Å²) in [6.07, 6.45) is -1.35. The molecule has 2 aliphatic rings. The van der Waals surface area contributed by atoms with Crippen molar-refractivity contribution >= 4 is 17.6 Å². The van der Waals surface area contributed by atoms with Gasteiger partial charge in [0.1, 0.15) is 11.4 Å². The number of ether oxygens (including phenoxy) is 1. The first-order chi connectivity index (χ1) is 17.9. The Kier molecular flexibility index (Phi) is 9.50. The van der Waals surface area contributed by atoms with Gasteiger partial charge in [-0.3, -0.25) is 9.78 Å². The highest BCUT2D eigenvalue weighted by Crippen LogP contribution is 2.39. The Bertz CT molecular complexity index is 1100. The number of aliphatic carboxylic acids is 1. The number of aromatic nitrogens is 1. The maximum Gasteiger partial charge on any atom is 0.490 e. The SMILES string of the molecule is Cc1ccccc1OCC(=O)N1CCCC12CCCN(c1ccc(C(F)F)nc1)CC2.O=C(O)C(F)(F)F. The Morgan fingerprint density at radius 2 is 1.71 bits per heavy atom. The largest absolute Gasteiger partial charge is 0.490 e. The van der Waals surface area contributed by atoms with Gasteiger partial charge in [-0.1, -0.05) is 18.2 Å². The number of halogens is 5. The van der Waals surface area contributed by atoms with Crippen LogP contribution in [0.25, 0.3) is 0 Å². The second kappa shape index (κ2) is 12.4. The molecule has 1 aromatic heterocycles. The van der Waals surface area contributed by atoms with Crippen molar-refractivity contribution in [1.29, 1.82) is 0 Å². The smallest absolute Gasteiger partial charge is 0.484 e. The summed E-state index contributed by atoms with van der Waals surface area (Å²) in [7, 11) is 0. The Labute approximate surface area is 217 Å². The van der Waals surface area contributed by atoms with Crippen LogP contribution in [0.2, 0.25) is 0 Å². The van der Waals surface area contributed by atoms with Crippen LogP contribution < -0.4 is 9.64 Å². The first kappa shape index (κ1) is 29.1. The van der Waals surface area contributed by atoms with Crippen molar-refractivity contribution < 1.29 is 41.4 Å². The van der Waals surface area contributed by atoms with Crippen molar-refractivity contribution in [3.8, 4) is 5.75 Å². The van der Waals surface area contributed by atoms with Gasteiger partial charge in [-0.05, 0) is 62.8 Å². The van der Waals surface area contributed by atoms with Gasteiger partial charge in [0.2, 0.25) is 0 Å². The molecule has 1 amide bonds. The minimum atomic E-state index is -5.08. The average Bonchev–Trinajstić information content (AvgIpc) is 3.16. The molecule has 4 rings (SSSR count). The second-order valence-corrected chi connectivity index (χ2v) is 9.31. The maximum absolute atomic E-state index is 13.1. The zero-order valence-electron chi connectivity index (χ0n) is 20.9. The highest BCUT2D eigenvalue weighted by Gasteiger charge is 2.44. The minimum absolute atomic E-state index is 0.0390. The van der Waals surface area contributed by atoms with Crippen LogP contribution in [0, 0.1) is 6.92 Å². The lowest BCUT2D eigenvalue weighted by Gasteiger charge is -2.38. The second-order valence-electron chi connectivity index (χ2n) is 9.31. The molecule has 1 spiro atoms. The lowest BCUT2D eigenvalue weighted by Crippen LogP contribution is -2.49. The van der Waals surface area contributed by atoms with Crippen LogP contribution in [0.1, 0.15) is 49.8 Å². The monoisotopic (exact) mass is 543 g/mol. The molecule has 2 fully saturated rings. The normalized spacial score (nSPS) is 19.7. The number of carbonyl (C=O) groups is 2. The summed E-state index contributed by atoms with van der Waals surface area (Å²) in [4.78, 5) is 30.1. The van der Waals surface area contributed by atoms with E-state index >= 15 is 0 Å². The number of aryl methyl sites for hydroxylation is 1. The van der Waals surface area contributed by atoms with Crippen LogP contribution in [-0.4, -0.2) is 64.8 Å². The van der Waals surface area contributed by atoms with E-state index in [0.29, 0.717) is 0 Å². The number of amides is 1. The van der Waals surface area contributed by atoms with Gasteiger partial charge < -0.3 is 19.6 Å². The molecule has 0 radical (unpaired) electrons. The zero-order valence-corrected chi connectivity index (χ0v) is 20.9. The molecule has 38 heavy (non-hydrogen) atoms. The Hall–Kier alpha value is -3.44. The molecular formula is C26H30F5N3O4. The Morgan fingerprint density at radius 3 is 2.29 bits per heavy atom. The van der Waals surface area contributed by atoms with Crippen molar-refractivity contribution in [3.63, 3.8) is 0 Å². The van der Waals surface area contributed by atoms with E-state index in [-0.39, 0.29) is 23.7 Å². The number of nitrogens with zero attached hydrogens (tertiary/aromatic N) is 3. The number of anilines is 1. The van der Waals surface area contributed by atoms with E-state index in [0.717, 1.165) is 68.7 Å². The molecule has 12 heteroatoms. The molecule has 208 valence electrons. The Balaban J connectivity index is 0.000000505. The third-order valence-electron chi connectivity index (χ3n) is 6.86. The number of likely N-dealkylation sites (tertiary alicyclic amines) is 1. The fraction of sp³-hybridized carbons (Fsp3) is 0.500. The third-order valence-corrected chi connectivity index (χ3v) is 6.86. The minimum Gasteiger partial charge on any atom is -0.484 e. The van der Waals surface area contributed by atoms with Crippen LogP contribution >= 0.6 is 0 Å². The van der Waals surface area contributed by atoms with Crippen LogP contribution in [0.15, 0.2) is 42.6 Å². The van der Waals surface area contributed by atoms with Crippen LogP contribution in [-0.2, 0) is 9.59 Å². The van der Waals surface area contributed by atoms with Crippen molar-refractivity contribution in [3.05, 3.63) is 53.9 Å². The number of alkyl halides is 5. The molecule has 1 N–H and O–H groups in total. The summed E-state index contributed by atoms with van der Waals surface area (Å²) < 4.78 is 63.2. The zero-order chi connectivity index (χ0) is 27.9. The molecule has 0 aliphatic carbocycles. The van der Waals surface area contributed by atoms with E-state index in [9.17, 15) is 26.7 Å². The summed E-state index contributed by atoms with van der Waals surface area (Å²) in [6, 6.07) is 10.8. The van der Waals surface area contributed by atoms with E-state index in [4.69, 9.17) is 14.6 Å². The Morgan fingerprint density at radius 1 is 1.05 bits per heavy atom. The molecule has 2 aliphatic heterocycles. The number of benzene rings is 1. The molecule has 1 unspecified atom stereocenters. The van der Waals surface area contributed by atoms with Crippen molar-refractivity contribution in [2.45, 2.75) is 57.2 Å². The van der Waals surface area contributed by atoms with Crippen LogP contribution in [0.4, 0.5) is 27.6 Å². The molecule has 2 saturated heterocycles. The first-order valence-corrected chi connectivity index (χ1v) is 12.2. The summed E-state index contributed by atoms with van der Waals surface area (Å²) >= 11 is 0. The number of carbonyl (C=O) groups excluding carboxylic acids is 1. The topological polar surface area (TPSA) is 83.0 Å². The standard InChI is InChI=1S/C24H29F2N3O2.C2HF3O2/c1-18-6-2-3-7-21(18)31-17-22(30)29-14-5-11-24(29)10-4-13-28(15-12-24)19-8-9-20(23(25)26)27-16-19;3-2(4,5)1(6)7/h2-3,6-9,16,23H,4-5,10-15,17H2,1H3;(H,6,7). The highest BCUT2D eigenvalue weighted by molar-refractivity contribution is 5.79. The lowest BCUT2D eigenvalue weighted by atomic mass is 9.87. The fourth-order valence-electron chi connectivity index (χ4n) is 4.93. The van der Waals surface area contributed by atoms with Gasteiger partial charge >= 0.3 is 12.1 Å². The van der Waals surface area contributed by atoms with Gasteiger partial charge in [-0.25, -0.2) is 13.6 Å². The first-order valence-electron chi connectivity index (χ1n) is 12.2. The predicted molar refractivity (Wildman–Crippen MR) is 129 cm³/mol.